The lowest BCUT2D eigenvalue weighted by atomic mass is 10.2. The zero-order chi connectivity index (χ0) is 16.2. The van der Waals surface area contributed by atoms with E-state index < -0.39 is 5.97 Å². The summed E-state index contributed by atoms with van der Waals surface area (Å²) < 4.78 is 10.7. The van der Waals surface area contributed by atoms with E-state index in [1.807, 2.05) is 0 Å². The number of esters is 1. The maximum absolute atomic E-state index is 12.1. The van der Waals surface area contributed by atoms with E-state index >= 15 is 0 Å². The lowest BCUT2D eigenvalue weighted by molar-refractivity contribution is 0.0453. The number of rotatable bonds is 5. The molecule has 118 valence electrons. The van der Waals surface area contributed by atoms with Gasteiger partial charge in [0.25, 0.3) is 0 Å². The van der Waals surface area contributed by atoms with Crippen LogP contribution in [-0.2, 0) is 4.74 Å². The van der Waals surface area contributed by atoms with Gasteiger partial charge in [0, 0.05) is 28.9 Å². The number of aromatic amines is 1. The van der Waals surface area contributed by atoms with E-state index in [4.69, 9.17) is 32.7 Å². The minimum Gasteiger partial charge on any atom is -0.488 e. The van der Waals surface area contributed by atoms with Crippen LogP contribution in [-0.4, -0.2) is 29.2 Å². The highest BCUT2D eigenvalue weighted by Gasteiger charge is 2.12. The van der Waals surface area contributed by atoms with Gasteiger partial charge in [-0.3, -0.25) is 0 Å². The standard InChI is InChI=1S/C16H12Cl2N2O3/c17-10-1-2-13(18)14(9-10)22-7-8-23-16(21)12-4-6-20-15-11(12)3-5-19-15/h1-6,9H,7-8H2,(H,19,20). The van der Waals surface area contributed by atoms with E-state index in [9.17, 15) is 4.79 Å². The Labute approximate surface area is 142 Å². The molecule has 3 rings (SSSR count). The highest BCUT2D eigenvalue weighted by atomic mass is 35.5. The number of carbonyl (C=O) groups is 1. The normalized spacial score (nSPS) is 10.7. The summed E-state index contributed by atoms with van der Waals surface area (Å²) in [5.74, 6) is 0.0185. The zero-order valence-electron chi connectivity index (χ0n) is 11.9. The predicted octanol–water partition coefficient (Wildman–Crippen LogP) is 4.11. The first-order valence-electron chi connectivity index (χ1n) is 6.82. The van der Waals surface area contributed by atoms with Crippen molar-refractivity contribution in [3.05, 3.63) is 58.3 Å². The fourth-order valence-electron chi connectivity index (χ4n) is 2.09. The molecule has 2 aromatic heterocycles. The molecule has 0 unspecified atom stereocenters. The summed E-state index contributed by atoms with van der Waals surface area (Å²) in [7, 11) is 0. The molecule has 1 N–H and O–H groups in total. The molecule has 3 aromatic rings. The maximum atomic E-state index is 12.1. The lowest BCUT2D eigenvalue weighted by Crippen LogP contribution is -2.12. The smallest absolute Gasteiger partial charge is 0.339 e. The Bertz CT molecular complexity index is 848. The summed E-state index contributed by atoms with van der Waals surface area (Å²) in [6, 6.07) is 8.32. The van der Waals surface area contributed by atoms with Crippen molar-refractivity contribution in [1.29, 1.82) is 0 Å². The molecular weight excluding hydrogens is 339 g/mol. The van der Waals surface area contributed by atoms with E-state index in [0.29, 0.717) is 27.0 Å². The number of pyridine rings is 1. The minimum absolute atomic E-state index is 0.0932. The molecule has 0 spiro atoms. The van der Waals surface area contributed by atoms with Crippen LogP contribution in [0.3, 0.4) is 0 Å². The Morgan fingerprint density at radius 3 is 2.91 bits per heavy atom. The topological polar surface area (TPSA) is 64.2 Å². The van der Waals surface area contributed by atoms with Crippen LogP contribution in [0.5, 0.6) is 5.75 Å². The number of hydrogen-bond acceptors (Lipinski definition) is 4. The SMILES string of the molecule is O=C(OCCOc1cc(Cl)ccc1Cl)c1ccnc2[nH]ccc12. The number of aromatic nitrogens is 2. The van der Waals surface area contributed by atoms with Gasteiger partial charge in [-0.2, -0.15) is 0 Å². The Hall–Kier alpha value is -2.24. The molecule has 0 fully saturated rings. The van der Waals surface area contributed by atoms with Gasteiger partial charge in [0.1, 0.15) is 24.6 Å². The number of benzene rings is 1. The number of halogens is 2. The quantitative estimate of drug-likeness (QED) is 0.555. The molecule has 0 bridgehead atoms. The first kappa shape index (κ1) is 15.6. The van der Waals surface area contributed by atoms with Gasteiger partial charge >= 0.3 is 5.97 Å². The van der Waals surface area contributed by atoms with Crippen LogP contribution in [0, 0.1) is 0 Å². The zero-order valence-corrected chi connectivity index (χ0v) is 13.4. The van der Waals surface area contributed by atoms with Gasteiger partial charge in [0.05, 0.1) is 10.6 Å². The molecular formula is C16H12Cl2N2O3. The molecule has 1 aromatic carbocycles. The summed E-state index contributed by atoms with van der Waals surface area (Å²) in [4.78, 5) is 19.2. The molecule has 0 atom stereocenters. The highest BCUT2D eigenvalue weighted by Crippen LogP contribution is 2.27. The van der Waals surface area contributed by atoms with Crippen LogP contribution in [0.25, 0.3) is 11.0 Å². The molecule has 0 saturated heterocycles. The van der Waals surface area contributed by atoms with Crippen LogP contribution < -0.4 is 4.74 Å². The fourth-order valence-corrected chi connectivity index (χ4v) is 2.42. The average molecular weight is 351 g/mol. The van der Waals surface area contributed by atoms with Crippen molar-refractivity contribution in [3.63, 3.8) is 0 Å². The van der Waals surface area contributed by atoms with E-state index in [1.54, 1.807) is 42.7 Å². The van der Waals surface area contributed by atoms with Gasteiger partial charge in [-0.1, -0.05) is 23.2 Å². The van der Waals surface area contributed by atoms with E-state index in [-0.39, 0.29) is 13.2 Å². The monoisotopic (exact) mass is 350 g/mol. The summed E-state index contributed by atoms with van der Waals surface area (Å²) >= 11 is 11.9. The number of nitrogens with zero attached hydrogens (tertiary/aromatic N) is 1. The highest BCUT2D eigenvalue weighted by molar-refractivity contribution is 6.34. The Balaban J connectivity index is 1.57. The van der Waals surface area contributed by atoms with Crippen molar-refractivity contribution in [1.82, 2.24) is 9.97 Å². The molecule has 0 amide bonds. The molecule has 0 aliphatic heterocycles. The fraction of sp³-hybridized carbons (Fsp3) is 0.125. The summed E-state index contributed by atoms with van der Waals surface area (Å²) in [6.07, 6.45) is 3.27. The second-order valence-corrected chi connectivity index (χ2v) is 5.50. The molecule has 0 saturated carbocycles. The van der Waals surface area contributed by atoms with Gasteiger partial charge in [0.2, 0.25) is 0 Å². The number of nitrogens with one attached hydrogen (secondary N) is 1. The molecule has 5 nitrogen and oxygen atoms in total. The second kappa shape index (κ2) is 6.89. The molecule has 0 radical (unpaired) electrons. The van der Waals surface area contributed by atoms with E-state index in [0.717, 1.165) is 5.39 Å². The van der Waals surface area contributed by atoms with Crippen molar-refractivity contribution in [2.24, 2.45) is 0 Å². The number of fused-ring (bicyclic) bond motifs is 1. The van der Waals surface area contributed by atoms with Gasteiger partial charge in [-0.25, -0.2) is 9.78 Å². The third kappa shape index (κ3) is 3.57. The van der Waals surface area contributed by atoms with Gasteiger partial charge in [0.15, 0.2) is 0 Å². The average Bonchev–Trinajstić information content (AvgIpc) is 3.03. The van der Waals surface area contributed by atoms with Crippen molar-refractivity contribution in [2.45, 2.75) is 0 Å². The molecule has 7 heteroatoms. The van der Waals surface area contributed by atoms with Crippen molar-refractivity contribution in [2.75, 3.05) is 13.2 Å². The Morgan fingerprint density at radius 1 is 1.17 bits per heavy atom. The maximum Gasteiger partial charge on any atom is 0.339 e. The Morgan fingerprint density at radius 2 is 2.04 bits per heavy atom. The number of carbonyl (C=O) groups excluding carboxylic acids is 1. The third-order valence-electron chi connectivity index (χ3n) is 3.15. The number of ether oxygens (including phenoxy) is 2. The van der Waals surface area contributed by atoms with Gasteiger partial charge in [-0.05, 0) is 24.3 Å². The molecule has 23 heavy (non-hydrogen) atoms. The summed E-state index contributed by atoms with van der Waals surface area (Å²) in [6.45, 7) is 0.267. The molecule has 2 heterocycles. The number of hydrogen-bond donors (Lipinski definition) is 1. The van der Waals surface area contributed by atoms with E-state index in [2.05, 4.69) is 9.97 Å². The van der Waals surface area contributed by atoms with Crippen LogP contribution in [0.4, 0.5) is 0 Å². The van der Waals surface area contributed by atoms with Crippen molar-refractivity contribution in [3.8, 4) is 5.75 Å². The van der Waals surface area contributed by atoms with E-state index in [1.165, 1.54) is 0 Å². The minimum atomic E-state index is -0.433. The van der Waals surface area contributed by atoms with Crippen molar-refractivity contribution >= 4 is 40.2 Å². The first-order valence-corrected chi connectivity index (χ1v) is 7.58. The summed E-state index contributed by atoms with van der Waals surface area (Å²) in [5, 5.41) is 1.69. The molecule has 0 aliphatic rings. The largest absolute Gasteiger partial charge is 0.488 e. The van der Waals surface area contributed by atoms with Crippen LogP contribution in [0.1, 0.15) is 10.4 Å². The second-order valence-electron chi connectivity index (χ2n) is 4.66. The van der Waals surface area contributed by atoms with Crippen LogP contribution in [0.15, 0.2) is 42.7 Å². The third-order valence-corrected chi connectivity index (χ3v) is 3.69. The van der Waals surface area contributed by atoms with Gasteiger partial charge in [-0.15, -0.1) is 0 Å². The van der Waals surface area contributed by atoms with Gasteiger partial charge < -0.3 is 14.5 Å². The Kier molecular flexibility index (Phi) is 4.69. The molecule has 0 aliphatic carbocycles. The number of H-pyrrole nitrogens is 1. The lowest BCUT2D eigenvalue weighted by Gasteiger charge is -2.09. The van der Waals surface area contributed by atoms with Crippen LogP contribution >= 0.6 is 23.2 Å². The summed E-state index contributed by atoms with van der Waals surface area (Å²) in [5.41, 5.74) is 1.10. The van der Waals surface area contributed by atoms with Crippen molar-refractivity contribution < 1.29 is 14.3 Å². The predicted molar refractivity (Wildman–Crippen MR) is 88.3 cm³/mol. The first-order chi connectivity index (χ1) is 11.1. The van der Waals surface area contributed by atoms with Crippen LogP contribution in [0.2, 0.25) is 10.0 Å².